The van der Waals surface area contributed by atoms with Crippen LogP contribution in [0.1, 0.15) is 45.4 Å². The molecule has 2 N–H and O–H groups in total. The minimum atomic E-state index is -0.296. The summed E-state index contributed by atoms with van der Waals surface area (Å²) in [6.45, 7) is 4.57. The van der Waals surface area contributed by atoms with Crippen molar-refractivity contribution in [3.05, 3.63) is 24.3 Å². The van der Waals surface area contributed by atoms with Crippen LogP contribution >= 0.6 is 0 Å². The van der Waals surface area contributed by atoms with Crippen molar-refractivity contribution in [1.29, 1.82) is 0 Å². The summed E-state index contributed by atoms with van der Waals surface area (Å²) < 4.78 is 11.8. The molecule has 1 aliphatic carbocycles. The van der Waals surface area contributed by atoms with Gasteiger partial charge in [-0.25, -0.2) is 0 Å². The Bertz CT molecular complexity index is 576. The molecule has 5 heteroatoms. The summed E-state index contributed by atoms with van der Waals surface area (Å²) in [4.78, 5) is 14.9. The van der Waals surface area contributed by atoms with Crippen molar-refractivity contribution in [2.45, 2.75) is 51.6 Å². The number of hydrogen-bond acceptors (Lipinski definition) is 4. The van der Waals surface area contributed by atoms with Crippen LogP contribution < -0.4 is 15.2 Å². The molecule has 1 aromatic carbocycles. The van der Waals surface area contributed by atoms with Gasteiger partial charge in [0.05, 0.1) is 12.0 Å². The number of nitrogens with zero attached hydrogens (tertiary/aromatic N) is 1. The van der Waals surface area contributed by atoms with Crippen molar-refractivity contribution in [3.8, 4) is 11.5 Å². The van der Waals surface area contributed by atoms with Gasteiger partial charge in [0, 0.05) is 32.5 Å². The summed E-state index contributed by atoms with van der Waals surface area (Å²) in [7, 11) is 0. The van der Waals surface area contributed by atoms with Gasteiger partial charge in [-0.2, -0.15) is 0 Å². The third-order valence-electron chi connectivity index (χ3n) is 5.58. The Labute approximate surface area is 150 Å². The van der Waals surface area contributed by atoms with Crippen LogP contribution in [0.3, 0.4) is 0 Å². The SMILES string of the molecule is CCOc1ccccc1OC1CCN(C(=O)C2(CN)CCCC2)CC1. The van der Waals surface area contributed by atoms with Gasteiger partial charge < -0.3 is 20.1 Å². The topological polar surface area (TPSA) is 64.8 Å². The quantitative estimate of drug-likeness (QED) is 0.860. The third kappa shape index (κ3) is 3.92. The molecule has 1 aliphatic heterocycles. The van der Waals surface area contributed by atoms with Crippen molar-refractivity contribution in [2.75, 3.05) is 26.2 Å². The van der Waals surface area contributed by atoms with Crippen molar-refractivity contribution < 1.29 is 14.3 Å². The summed E-state index contributed by atoms with van der Waals surface area (Å²) in [6.07, 6.45) is 5.97. The number of likely N-dealkylation sites (tertiary alicyclic amines) is 1. The minimum absolute atomic E-state index is 0.128. The molecule has 0 aromatic heterocycles. The van der Waals surface area contributed by atoms with E-state index < -0.39 is 0 Å². The number of amides is 1. The largest absolute Gasteiger partial charge is 0.490 e. The molecule has 1 saturated carbocycles. The molecular weight excluding hydrogens is 316 g/mol. The van der Waals surface area contributed by atoms with Crippen LogP contribution in [0, 0.1) is 5.41 Å². The second-order valence-corrected chi connectivity index (χ2v) is 7.18. The number of ether oxygens (including phenoxy) is 2. The highest BCUT2D eigenvalue weighted by Crippen LogP contribution is 2.39. The standard InChI is InChI=1S/C20H30N2O3/c1-2-24-17-7-3-4-8-18(17)25-16-9-13-22(14-10-16)19(23)20(15-21)11-5-6-12-20/h3-4,7-8,16H,2,5-6,9-15,21H2,1H3. The maximum atomic E-state index is 12.9. The molecule has 0 radical (unpaired) electrons. The van der Waals surface area contributed by atoms with Gasteiger partial charge in [-0.15, -0.1) is 0 Å². The Morgan fingerprint density at radius 1 is 1.20 bits per heavy atom. The van der Waals surface area contributed by atoms with Gasteiger partial charge in [0.25, 0.3) is 0 Å². The van der Waals surface area contributed by atoms with E-state index in [1.54, 1.807) is 0 Å². The fourth-order valence-electron chi connectivity index (χ4n) is 4.07. The molecular formula is C20H30N2O3. The summed E-state index contributed by atoms with van der Waals surface area (Å²) in [5, 5.41) is 0. The Morgan fingerprint density at radius 3 is 2.44 bits per heavy atom. The number of benzene rings is 1. The molecule has 3 rings (SSSR count). The number of hydrogen-bond donors (Lipinski definition) is 1. The van der Waals surface area contributed by atoms with E-state index in [9.17, 15) is 4.79 Å². The molecule has 2 aliphatic rings. The second-order valence-electron chi connectivity index (χ2n) is 7.18. The third-order valence-corrected chi connectivity index (χ3v) is 5.58. The molecule has 0 spiro atoms. The molecule has 1 saturated heterocycles. The number of piperidine rings is 1. The molecule has 2 fully saturated rings. The minimum Gasteiger partial charge on any atom is -0.490 e. The highest BCUT2D eigenvalue weighted by molar-refractivity contribution is 5.83. The molecule has 0 unspecified atom stereocenters. The van der Waals surface area contributed by atoms with Gasteiger partial charge in [-0.3, -0.25) is 4.79 Å². The molecule has 0 atom stereocenters. The first kappa shape index (κ1) is 18.1. The fourth-order valence-corrected chi connectivity index (χ4v) is 4.07. The first-order valence-corrected chi connectivity index (χ1v) is 9.56. The molecule has 1 amide bonds. The Kier molecular flexibility index (Phi) is 5.84. The Morgan fingerprint density at radius 2 is 1.84 bits per heavy atom. The molecule has 1 aromatic rings. The van der Waals surface area contributed by atoms with Gasteiger partial charge in [0.2, 0.25) is 5.91 Å². The molecule has 1 heterocycles. The normalized spacial score (nSPS) is 20.5. The lowest BCUT2D eigenvalue weighted by atomic mass is 9.84. The molecule has 138 valence electrons. The van der Waals surface area contributed by atoms with E-state index in [4.69, 9.17) is 15.2 Å². The van der Waals surface area contributed by atoms with Crippen LogP contribution in [0.25, 0.3) is 0 Å². The molecule has 0 bridgehead atoms. The zero-order valence-corrected chi connectivity index (χ0v) is 15.2. The predicted octanol–water partition coefficient (Wildman–Crippen LogP) is 2.97. The van der Waals surface area contributed by atoms with Gasteiger partial charge in [0.1, 0.15) is 6.10 Å². The van der Waals surface area contributed by atoms with E-state index >= 15 is 0 Å². The summed E-state index contributed by atoms with van der Waals surface area (Å²) >= 11 is 0. The Hall–Kier alpha value is -1.75. The number of nitrogens with two attached hydrogens (primary N) is 1. The van der Waals surface area contributed by atoms with Crippen LogP contribution in [-0.4, -0.2) is 43.2 Å². The smallest absolute Gasteiger partial charge is 0.230 e. The average molecular weight is 346 g/mol. The maximum Gasteiger partial charge on any atom is 0.230 e. The van der Waals surface area contributed by atoms with Crippen LogP contribution in [0.5, 0.6) is 11.5 Å². The van der Waals surface area contributed by atoms with Crippen molar-refractivity contribution in [2.24, 2.45) is 11.1 Å². The maximum absolute atomic E-state index is 12.9. The molecule has 25 heavy (non-hydrogen) atoms. The zero-order chi connectivity index (χ0) is 17.7. The highest BCUT2D eigenvalue weighted by atomic mass is 16.5. The lowest BCUT2D eigenvalue weighted by Crippen LogP contribution is -2.50. The van der Waals surface area contributed by atoms with E-state index in [0.717, 1.165) is 63.1 Å². The first-order valence-electron chi connectivity index (χ1n) is 9.56. The first-order chi connectivity index (χ1) is 12.2. The lowest BCUT2D eigenvalue weighted by molar-refractivity contribution is -0.143. The monoisotopic (exact) mass is 346 g/mol. The van der Waals surface area contributed by atoms with Gasteiger partial charge in [0.15, 0.2) is 11.5 Å². The van der Waals surface area contributed by atoms with E-state index in [1.165, 1.54) is 0 Å². The second kappa shape index (κ2) is 8.09. The van der Waals surface area contributed by atoms with E-state index in [0.29, 0.717) is 13.2 Å². The van der Waals surface area contributed by atoms with Crippen LogP contribution in [0.2, 0.25) is 0 Å². The van der Waals surface area contributed by atoms with Crippen molar-refractivity contribution in [3.63, 3.8) is 0 Å². The lowest BCUT2D eigenvalue weighted by Gasteiger charge is -2.38. The number of para-hydroxylation sites is 2. The van der Waals surface area contributed by atoms with Crippen molar-refractivity contribution >= 4 is 5.91 Å². The Balaban J connectivity index is 1.56. The van der Waals surface area contributed by atoms with Gasteiger partial charge >= 0.3 is 0 Å². The van der Waals surface area contributed by atoms with Crippen LogP contribution in [0.4, 0.5) is 0 Å². The fraction of sp³-hybridized carbons (Fsp3) is 0.650. The predicted molar refractivity (Wildman–Crippen MR) is 97.8 cm³/mol. The van der Waals surface area contributed by atoms with Crippen molar-refractivity contribution in [1.82, 2.24) is 4.90 Å². The zero-order valence-electron chi connectivity index (χ0n) is 15.2. The molecule has 5 nitrogen and oxygen atoms in total. The van der Waals surface area contributed by atoms with Gasteiger partial charge in [-0.1, -0.05) is 25.0 Å². The highest BCUT2D eigenvalue weighted by Gasteiger charge is 2.43. The van der Waals surface area contributed by atoms with E-state index in [1.807, 2.05) is 36.1 Å². The average Bonchev–Trinajstić information content (AvgIpc) is 3.14. The summed E-state index contributed by atoms with van der Waals surface area (Å²) in [5.41, 5.74) is 5.67. The summed E-state index contributed by atoms with van der Waals surface area (Å²) in [5.74, 6) is 1.85. The van der Waals surface area contributed by atoms with E-state index in [2.05, 4.69) is 0 Å². The number of rotatable bonds is 6. The van der Waals surface area contributed by atoms with Crippen LogP contribution in [-0.2, 0) is 4.79 Å². The number of carbonyl (C=O) groups excluding carboxylic acids is 1. The number of carbonyl (C=O) groups is 1. The summed E-state index contributed by atoms with van der Waals surface area (Å²) in [6, 6.07) is 7.79. The van der Waals surface area contributed by atoms with Gasteiger partial charge in [-0.05, 0) is 31.9 Å². The van der Waals surface area contributed by atoms with Crippen LogP contribution in [0.15, 0.2) is 24.3 Å². The van der Waals surface area contributed by atoms with E-state index in [-0.39, 0.29) is 17.4 Å².